The van der Waals surface area contributed by atoms with Crippen LogP contribution in [0.2, 0.25) is 0 Å². The average molecular weight is 170 g/mol. The Labute approximate surface area is 72.0 Å². The van der Waals surface area contributed by atoms with Gasteiger partial charge in [0.2, 0.25) is 0 Å². The van der Waals surface area contributed by atoms with E-state index in [9.17, 15) is 4.79 Å². The summed E-state index contributed by atoms with van der Waals surface area (Å²) in [5, 5.41) is 2.41. The van der Waals surface area contributed by atoms with Crippen LogP contribution in [0.1, 0.15) is 20.3 Å². The third-order valence-electron chi connectivity index (χ3n) is 1.12. The van der Waals surface area contributed by atoms with Gasteiger partial charge in [-0.15, -0.1) is 0 Å². The van der Waals surface area contributed by atoms with E-state index in [2.05, 4.69) is 16.1 Å². The minimum Gasteiger partial charge on any atom is -0.357 e. The summed E-state index contributed by atoms with van der Waals surface area (Å²) in [4.78, 5) is 14.4. The smallest absolute Gasteiger partial charge is 0.357 e. The first-order chi connectivity index (χ1) is 5.70. The fourth-order valence-corrected chi connectivity index (χ4v) is 0.581. The Morgan fingerprint density at radius 3 is 2.83 bits per heavy atom. The lowest BCUT2D eigenvalue weighted by Gasteiger charge is -2.00. The van der Waals surface area contributed by atoms with Crippen molar-refractivity contribution >= 4 is 6.09 Å². The van der Waals surface area contributed by atoms with Crippen LogP contribution in [0.4, 0.5) is 4.79 Å². The molecular weight excluding hydrogens is 156 g/mol. The lowest BCUT2D eigenvalue weighted by molar-refractivity contribution is 0.151. The Bertz CT molecular complexity index is 197. The third kappa shape index (κ3) is 5.49. The Balaban J connectivity index is 3.85. The molecule has 0 fully saturated rings. The summed E-state index contributed by atoms with van der Waals surface area (Å²) in [6.45, 7) is 3.78. The molecule has 68 valence electrons. The molecule has 1 amide bonds. The van der Waals surface area contributed by atoms with Crippen LogP contribution in [0.25, 0.3) is 0 Å². The molecule has 0 aromatic heterocycles. The second kappa shape index (κ2) is 6.42. The van der Waals surface area contributed by atoms with Crippen molar-refractivity contribution < 1.29 is 9.63 Å². The molecule has 0 bridgehead atoms. The molecule has 4 nitrogen and oxygen atoms in total. The predicted molar refractivity (Wildman–Crippen MR) is 47.0 cm³/mol. The minimum atomic E-state index is -0.659. The van der Waals surface area contributed by atoms with Crippen LogP contribution in [0.5, 0.6) is 0 Å². The summed E-state index contributed by atoms with van der Waals surface area (Å²) in [6, 6.07) is 0. The van der Waals surface area contributed by atoms with Crippen LogP contribution >= 0.6 is 0 Å². The van der Waals surface area contributed by atoms with Gasteiger partial charge in [-0.3, -0.25) is 5.32 Å². The fourth-order valence-electron chi connectivity index (χ4n) is 0.581. The van der Waals surface area contributed by atoms with Gasteiger partial charge >= 0.3 is 6.09 Å². The van der Waals surface area contributed by atoms with E-state index in [1.807, 2.05) is 19.1 Å². The number of carbonyl (C=O) groups excluding carboxylic acids is 1. The topological polar surface area (TPSA) is 64.3 Å². The summed E-state index contributed by atoms with van der Waals surface area (Å²) in [5.74, 6) is 4.62. The summed E-state index contributed by atoms with van der Waals surface area (Å²) in [7, 11) is 0. The molecule has 3 N–H and O–H groups in total. The maximum absolute atomic E-state index is 10.5. The highest BCUT2D eigenvalue weighted by Gasteiger charge is 1.96. The highest BCUT2D eigenvalue weighted by molar-refractivity contribution is 5.68. The van der Waals surface area contributed by atoms with Crippen molar-refractivity contribution in [2.75, 3.05) is 0 Å². The Morgan fingerprint density at radius 1 is 1.67 bits per heavy atom. The van der Waals surface area contributed by atoms with E-state index in [4.69, 9.17) is 0 Å². The summed E-state index contributed by atoms with van der Waals surface area (Å²) in [5.41, 5.74) is 0.690. The quantitative estimate of drug-likeness (QED) is 0.497. The zero-order valence-electron chi connectivity index (χ0n) is 7.33. The molecule has 0 atom stereocenters. The number of hydrogen-bond acceptors (Lipinski definition) is 3. The van der Waals surface area contributed by atoms with Crippen LogP contribution in [0, 0.1) is 0 Å². The average Bonchev–Trinajstić information content (AvgIpc) is 2.05. The molecule has 0 saturated heterocycles. The van der Waals surface area contributed by atoms with Crippen molar-refractivity contribution in [2.45, 2.75) is 20.3 Å². The van der Waals surface area contributed by atoms with Gasteiger partial charge in [0.25, 0.3) is 0 Å². The second-order valence-electron chi connectivity index (χ2n) is 2.22. The van der Waals surface area contributed by atoms with Crippen molar-refractivity contribution in [1.82, 2.24) is 5.32 Å². The van der Waals surface area contributed by atoms with E-state index in [1.54, 1.807) is 13.0 Å². The lowest BCUT2D eigenvalue weighted by Crippen LogP contribution is -2.24. The van der Waals surface area contributed by atoms with Crippen molar-refractivity contribution in [3.8, 4) is 0 Å². The molecule has 0 aliphatic heterocycles. The van der Waals surface area contributed by atoms with Gasteiger partial charge in [-0.05, 0) is 19.4 Å². The van der Waals surface area contributed by atoms with E-state index in [0.29, 0.717) is 5.70 Å². The van der Waals surface area contributed by atoms with Gasteiger partial charge in [0, 0.05) is 5.70 Å². The maximum Gasteiger partial charge on any atom is 0.430 e. The molecule has 0 aliphatic rings. The van der Waals surface area contributed by atoms with Gasteiger partial charge in [0.1, 0.15) is 0 Å². The molecule has 0 unspecified atom stereocenters. The van der Waals surface area contributed by atoms with E-state index in [1.165, 1.54) is 0 Å². The Hall–Kier alpha value is -1.29. The molecule has 12 heavy (non-hydrogen) atoms. The molecule has 0 aliphatic carbocycles. The lowest BCUT2D eigenvalue weighted by atomic mass is 10.3. The van der Waals surface area contributed by atoms with Crippen LogP contribution in [0.15, 0.2) is 23.9 Å². The summed E-state index contributed by atoms with van der Waals surface area (Å²) < 4.78 is 0. The van der Waals surface area contributed by atoms with E-state index in [0.717, 1.165) is 6.42 Å². The first-order valence-corrected chi connectivity index (χ1v) is 3.71. The Morgan fingerprint density at radius 2 is 2.33 bits per heavy atom. The second-order valence-corrected chi connectivity index (χ2v) is 2.22. The summed E-state index contributed by atoms with van der Waals surface area (Å²) >= 11 is 0. The number of amides is 1. The van der Waals surface area contributed by atoms with E-state index in [-0.39, 0.29) is 0 Å². The van der Waals surface area contributed by atoms with Gasteiger partial charge in [0.05, 0.1) is 0 Å². The first kappa shape index (κ1) is 10.7. The van der Waals surface area contributed by atoms with Crippen LogP contribution in [-0.2, 0) is 4.84 Å². The number of hydrogen-bond donors (Lipinski definition) is 2. The molecule has 0 aromatic rings. The molecule has 0 spiro atoms. The zero-order valence-corrected chi connectivity index (χ0v) is 7.33. The molecular formula is C8H14N2O2. The van der Waals surface area contributed by atoms with Crippen molar-refractivity contribution in [3.05, 3.63) is 23.9 Å². The predicted octanol–water partition coefficient (Wildman–Crippen LogP) is 1.46. The van der Waals surface area contributed by atoms with Crippen molar-refractivity contribution in [3.63, 3.8) is 0 Å². The zero-order chi connectivity index (χ0) is 9.40. The van der Waals surface area contributed by atoms with Crippen molar-refractivity contribution in [2.24, 2.45) is 5.90 Å². The van der Waals surface area contributed by atoms with Crippen molar-refractivity contribution in [1.29, 1.82) is 0 Å². The molecule has 0 rings (SSSR count). The highest BCUT2D eigenvalue weighted by atomic mass is 16.7. The number of rotatable bonds is 3. The summed E-state index contributed by atoms with van der Waals surface area (Å²) in [6.07, 6.45) is 5.89. The van der Waals surface area contributed by atoms with Crippen LogP contribution in [0.3, 0.4) is 0 Å². The fraction of sp³-hybridized carbons (Fsp3) is 0.375. The minimum absolute atomic E-state index is 0.659. The van der Waals surface area contributed by atoms with Gasteiger partial charge in [-0.25, -0.2) is 4.79 Å². The van der Waals surface area contributed by atoms with Gasteiger partial charge in [-0.1, -0.05) is 19.1 Å². The van der Waals surface area contributed by atoms with Gasteiger partial charge in [-0.2, -0.15) is 5.90 Å². The molecule has 0 aromatic carbocycles. The molecule has 0 radical (unpaired) electrons. The number of nitrogens with one attached hydrogen (secondary N) is 1. The maximum atomic E-state index is 10.5. The number of allylic oxidation sites excluding steroid dienone is 4. The molecule has 0 saturated carbocycles. The van der Waals surface area contributed by atoms with Crippen LogP contribution in [-0.4, -0.2) is 6.09 Å². The van der Waals surface area contributed by atoms with Gasteiger partial charge in [0.15, 0.2) is 0 Å². The standard InChI is InChI=1S/C8H14N2O2/c1-3-4-5-6-7(2)10-8(11)12-9/h4-6H,3,9H2,1-2H3,(H,10,11)/b5-4-,7-6+. The van der Waals surface area contributed by atoms with E-state index < -0.39 is 6.09 Å². The Kier molecular flexibility index (Phi) is 5.73. The third-order valence-corrected chi connectivity index (χ3v) is 1.12. The number of carbonyl (C=O) groups is 1. The SMILES string of the molecule is CC/C=C\C=C(/C)NC(=O)ON. The first-order valence-electron chi connectivity index (χ1n) is 3.71. The van der Waals surface area contributed by atoms with E-state index >= 15 is 0 Å². The monoisotopic (exact) mass is 170 g/mol. The molecule has 4 heteroatoms. The highest BCUT2D eigenvalue weighted by Crippen LogP contribution is 1.89. The normalized spacial score (nSPS) is 11.8. The molecule has 0 heterocycles. The number of nitrogens with two attached hydrogens (primary N) is 1. The van der Waals surface area contributed by atoms with Crippen LogP contribution < -0.4 is 11.2 Å². The largest absolute Gasteiger partial charge is 0.430 e. The van der Waals surface area contributed by atoms with Gasteiger partial charge < -0.3 is 4.84 Å².